The van der Waals surface area contributed by atoms with Crippen molar-refractivity contribution in [3.63, 3.8) is 0 Å². The van der Waals surface area contributed by atoms with Crippen molar-refractivity contribution in [3.8, 4) is 0 Å². The van der Waals surface area contributed by atoms with Crippen LogP contribution in [-0.2, 0) is 20.7 Å². The number of anilines is 2. The van der Waals surface area contributed by atoms with Gasteiger partial charge in [0.15, 0.2) is 5.13 Å². The summed E-state index contributed by atoms with van der Waals surface area (Å²) in [6, 6.07) is 5.63. The average molecular weight is 432 g/mol. The Balaban J connectivity index is 1.37. The van der Waals surface area contributed by atoms with E-state index in [0.717, 1.165) is 4.88 Å². The van der Waals surface area contributed by atoms with Crippen LogP contribution in [0.1, 0.15) is 29.8 Å². The van der Waals surface area contributed by atoms with Crippen LogP contribution in [0.5, 0.6) is 0 Å². The van der Waals surface area contributed by atoms with E-state index >= 15 is 0 Å². The summed E-state index contributed by atoms with van der Waals surface area (Å²) < 4.78 is 19.1. The van der Waals surface area contributed by atoms with Crippen molar-refractivity contribution in [3.05, 3.63) is 40.7 Å². The van der Waals surface area contributed by atoms with E-state index in [9.17, 15) is 18.8 Å². The van der Waals surface area contributed by atoms with E-state index < -0.39 is 17.8 Å². The zero-order chi connectivity index (χ0) is 21.3. The highest BCUT2D eigenvalue weighted by Gasteiger charge is 2.35. The summed E-state index contributed by atoms with van der Waals surface area (Å²) in [6.45, 7) is 2.54. The molecule has 1 aliphatic carbocycles. The van der Waals surface area contributed by atoms with Crippen molar-refractivity contribution < 1.29 is 23.5 Å². The van der Waals surface area contributed by atoms with E-state index in [-0.39, 0.29) is 24.1 Å². The van der Waals surface area contributed by atoms with Crippen LogP contribution in [0.3, 0.4) is 0 Å². The second-order valence-corrected chi connectivity index (χ2v) is 8.11. The Kier molecular flexibility index (Phi) is 5.67. The smallest absolute Gasteiger partial charge is 0.325 e. The molecule has 10 heteroatoms. The Morgan fingerprint density at radius 3 is 2.90 bits per heavy atom. The van der Waals surface area contributed by atoms with E-state index in [0.29, 0.717) is 43.4 Å². The Hall–Kier alpha value is -3.01. The minimum absolute atomic E-state index is 0.157. The highest BCUT2D eigenvalue weighted by Crippen LogP contribution is 2.39. The van der Waals surface area contributed by atoms with Crippen LogP contribution < -0.4 is 10.2 Å². The fourth-order valence-electron chi connectivity index (χ4n) is 3.71. The van der Waals surface area contributed by atoms with Crippen LogP contribution in [0.15, 0.2) is 24.3 Å². The lowest BCUT2D eigenvalue weighted by atomic mass is 10.1. The van der Waals surface area contributed by atoms with Gasteiger partial charge in [-0.05, 0) is 31.9 Å². The topological polar surface area (TPSA) is 91.8 Å². The Morgan fingerprint density at radius 1 is 1.33 bits per heavy atom. The molecule has 3 amide bonds. The second-order valence-electron chi connectivity index (χ2n) is 7.03. The monoisotopic (exact) mass is 432 g/mol. The number of carbonyl (C=O) groups is 3. The van der Waals surface area contributed by atoms with Crippen LogP contribution in [0.4, 0.5) is 20.0 Å². The molecule has 0 saturated carbocycles. The maximum Gasteiger partial charge on any atom is 0.325 e. The van der Waals surface area contributed by atoms with Gasteiger partial charge < -0.3 is 15.0 Å². The number of esters is 1. The Bertz CT molecular complexity index is 995. The molecule has 1 aromatic heterocycles. The van der Waals surface area contributed by atoms with Crippen LogP contribution in [0, 0.1) is 5.82 Å². The number of ether oxygens (including phenoxy) is 1. The van der Waals surface area contributed by atoms with Gasteiger partial charge in [0.25, 0.3) is 0 Å². The summed E-state index contributed by atoms with van der Waals surface area (Å²) >= 11 is 1.33. The highest BCUT2D eigenvalue weighted by atomic mass is 32.1. The van der Waals surface area contributed by atoms with Gasteiger partial charge >= 0.3 is 12.0 Å². The lowest BCUT2D eigenvalue weighted by molar-refractivity contribution is -0.145. The van der Waals surface area contributed by atoms with Gasteiger partial charge in [0, 0.05) is 18.0 Å². The van der Waals surface area contributed by atoms with Crippen molar-refractivity contribution in [1.29, 1.82) is 0 Å². The Morgan fingerprint density at radius 2 is 2.13 bits per heavy atom. The number of halogens is 1. The van der Waals surface area contributed by atoms with Gasteiger partial charge in [-0.2, -0.15) is 0 Å². The third-order valence-corrected chi connectivity index (χ3v) is 6.15. The first-order chi connectivity index (χ1) is 14.5. The van der Waals surface area contributed by atoms with Gasteiger partial charge in [-0.15, -0.1) is 11.3 Å². The number of nitrogens with one attached hydrogen (secondary N) is 1. The van der Waals surface area contributed by atoms with Crippen LogP contribution in [0.2, 0.25) is 0 Å². The first-order valence-corrected chi connectivity index (χ1v) is 10.6. The van der Waals surface area contributed by atoms with Gasteiger partial charge in [0.05, 0.1) is 18.0 Å². The summed E-state index contributed by atoms with van der Waals surface area (Å²) in [5, 5.41) is 3.11. The second kappa shape index (κ2) is 8.39. The van der Waals surface area contributed by atoms with E-state index in [2.05, 4.69) is 10.3 Å². The predicted octanol–water partition coefficient (Wildman–Crippen LogP) is 2.76. The SMILES string of the molecule is CCOC(=O)C1CCc2sc(NC(=O)CN3CCN(c4ccccc4F)C3=O)nc21. The number of thiazole rings is 1. The minimum atomic E-state index is -0.481. The predicted molar refractivity (Wildman–Crippen MR) is 109 cm³/mol. The number of aryl methyl sites for hydroxylation is 1. The summed E-state index contributed by atoms with van der Waals surface area (Å²) in [4.78, 5) is 45.1. The van der Waals surface area contributed by atoms with Crippen molar-refractivity contribution in [2.45, 2.75) is 25.7 Å². The number of para-hydroxylation sites is 1. The molecule has 1 atom stereocenters. The molecule has 1 N–H and O–H groups in total. The highest BCUT2D eigenvalue weighted by molar-refractivity contribution is 7.16. The molecule has 1 saturated heterocycles. The molecule has 0 spiro atoms. The number of rotatable bonds is 6. The lowest BCUT2D eigenvalue weighted by Crippen LogP contribution is -2.37. The molecule has 158 valence electrons. The first kappa shape index (κ1) is 20.3. The number of benzene rings is 1. The van der Waals surface area contributed by atoms with Gasteiger partial charge in [-0.25, -0.2) is 14.2 Å². The van der Waals surface area contributed by atoms with E-state index in [1.165, 1.54) is 33.3 Å². The normalized spacial score (nSPS) is 17.9. The number of fused-ring (bicyclic) bond motifs is 1. The van der Waals surface area contributed by atoms with E-state index in [1.54, 1.807) is 19.1 Å². The Labute approximate surface area is 176 Å². The third kappa shape index (κ3) is 3.87. The maximum absolute atomic E-state index is 14.0. The number of nitrogens with zero attached hydrogens (tertiary/aromatic N) is 3. The molecule has 8 nitrogen and oxygen atoms in total. The summed E-state index contributed by atoms with van der Waals surface area (Å²) in [7, 11) is 0. The van der Waals surface area contributed by atoms with Crippen LogP contribution in [-0.4, -0.2) is 54.0 Å². The summed E-state index contributed by atoms with van der Waals surface area (Å²) in [5.74, 6) is -1.56. The lowest BCUT2D eigenvalue weighted by Gasteiger charge is -2.18. The van der Waals surface area contributed by atoms with E-state index in [1.807, 2.05) is 0 Å². The van der Waals surface area contributed by atoms with Gasteiger partial charge in [0.2, 0.25) is 5.91 Å². The van der Waals surface area contributed by atoms with Crippen molar-refractivity contribution in [2.75, 3.05) is 36.5 Å². The molecule has 1 aromatic carbocycles. The van der Waals surface area contributed by atoms with Crippen LogP contribution in [0.25, 0.3) is 0 Å². The fraction of sp³-hybridized carbons (Fsp3) is 0.400. The number of aromatic nitrogens is 1. The van der Waals surface area contributed by atoms with Gasteiger partial charge in [-0.3, -0.25) is 14.5 Å². The molecule has 2 aromatic rings. The molecule has 1 aliphatic heterocycles. The fourth-order valence-corrected chi connectivity index (χ4v) is 4.76. The molecule has 0 bridgehead atoms. The molecule has 0 radical (unpaired) electrons. The van der Waals surface area contributed by atoms with E-state index in [4.69, 9.17) is 4.74 Å². The molecule has 2 aliphatic rings. The minimum Gasteiger partial charge on any atom is -0.465 e. The summed E-state index contributed by atoms with van der Waals surface area (Å²) in [6.07, 6.45) is 1.38. The molecule has 1 unspecified atom stereocenters. The zero-order valence-corrected chi connectivity index (χ0v) is 17.2. The van der Waals surface area contributed by atoms with Crippen molar-refractivity contribution >= 4 is 40.1 Å². The quantitative estimate of drug-likeness (QED) is 0.709. The van der Waals surface area contributed by atoms with Gasteiger partial charge in [0.1, 0.15) is 18.3 Å². The molecular weight excluding hydrogens is 411 g/mol. The zero-order valence-electron chi connectivity index (χ0n) is 16.4. The standard InChI is InChI=1S/C20H21FN4O4S/c1-2-29-18(27)12-7-8-15-17(12)23-19(30-15)22-16(26)11-24-9-10-25(20(24)28)14-6-4-3-5-13(14)21/h3-6,12H,2,7-11H2,1H3,(H,22,23,26). The number of urea groups is 1. The summed E-state index contributed by atoms with van der Waals surface area (Å²) in [5.41, 5.74) is 0.864. The molecule has 1 fully saturated rings. The third-order valence-electron chi connectivity index (χ3n) is 5.11. The molecule has 4 rings (SSSR count). The molecule has 2 heterocycles. The number of hydrogen-bond donors (Lipinski definition) is 1. The number of amides is 3. The van der Waals surface area contributed by atoms with Crippen LogP contribution >= 0.6 is 11.3 Å². The van der Waals surface area contributed by atoms with Crippen molar-refractivity contribution in [1.82, 2.24) is 9.88 Å². The molecule has 30 heavy (non-hydrogen) atoms. The first-order valence-electron chi connectivity index (χ1n) is 9.75. The maximum atomic E-state index is 14.0. The van der Waals surface area contributed by atoms with Gasteiger partial charge in [-0.1, -0.05) is 12.1 Å². The molecular formula is C20H21FN4O4S. The largest absolute Gasteiger partial charge is 0.465 e. The number of carbonyl (C=O) groups excluding carboxylic acids is 3. The number of hydrogen-bond acceptors (Lipinski definition) is 6. The average Bonchev–Trinajstić information content (AvgIpc) is 3.38. The van der Waals surface area contributed by atoms with Crippen molar-refractivity contribution in [2.24, 2.45) is 0 Å².